The number of nitrogens with two attached hydrogens (primary N) is 1. The van der Waals surface area contributed by atoms with Gasteiger partial charge in [-0.3, -0.25) is 9.69 Å². The molecule has 0 spiro atoms. The Hall–Kier alpha value is -2.15. The first kappa shape index (κ1) is 11.3. The summed E-state index contributed by atoms with van der Waals surface area (Å²) >= 11 is 0. The third-order valence-electron chi connectivity index (χ3n) is 2.59. The average molecular weight is 235 g/mol. The summed E-state index contributed by atoms with van der Waals surface area (Å²) in [4.78, 5) is 29.8. The summed E-state index contributed by atoms with van der Waals surface area (Å²) in [5.74, 6) is 5.55. The minimum Gasteiger partial charge on any atom is -0.318 e. The number of nitrogens with one attached hydrogen (secondary N) is 1. The molecule has 0 saturated carbocycles. The molecule has 0 aliphatic carbocycles. The fourth-order valence-corrected chi connectivity index (χ4v) is 1.69. The lowest BCUT2D eigenvalue weighted by Gasteiger charge is -2.15. The number of imide groups is 1. The number of nitrogens with zero attached hydrogens (tertiary/aromatic N) is 3. The van der Waals surface area contributed by atoms with Crippen molar-refractivity contribution in [1.29, 1.82) is 0 Å². The van der Waals surface area contributed by atoms with Crippen molar-refractivity contribution in [3.63, 3.8) is 0 Å². The van der Waals surface area contributed by atoms with Gasteiger partial charge in [-0.2, -0.15) is 0 Å². The number of anilines is 1. The summed E-state index contributed by atoms with van der Waals surface area (Å²) < 4.78 is 0. The van der Waals surface area contributed by atoms with Gasteiger partial charge in [0.25, 0.3) is 5.91 Å². The van der Waals surface area contributed by atoms with E-state index in [1.54, 1.807) is 25.4 Å². The maximum atomic E-state index is 11.7. The van der Waals surface area contributed by atoms with E-state index in [1.807, 2.05) is 0 Å². The number of hydrazine groups is 1. The molecule has 2 heterocycles. The molecule has 0 bridgehead atoms. The van der Waals surface area contributed by atoms with Crippen LogP contribution >= 0.6 is 0 Å². The number of hydrogen-bond acceptors (Lipinski definition) is 5. The average Bonchev–Trinajstić information content (AvgIpc) is 2.57. The Bertz CT molecular complexity index is 462. The Morgan fingerprint density at radius 1 is 1.53 bits per heavy atom. The largest absolute Gasteiger partial charge is 0.327 e. The molecule has 0 aromatic carbocycles. The summed E-state index contributed by atoms with van der Waals surface area (Å²) in [6, 6.07) is 3.19. The van der Waals surface area contributed by atoms with Crippen LogP contribution in [0.5, 0.6) is 0 Å². The number of carbonyl (C=O) groups is 2. The van der Waals surface area contributed by atoms with E-state index >= 15 is 0 Å². The number of rotatable bonds is 3. The third-order valence-corrected chi connectivity index (χ3v) is 2.59. The number of aromatic nitrogens is 1. The maximum absolute atomic E-state index is 11.7. The number of urea groups is 1. The Morgan fingerprint density at radius 3 is 2.88 bits per heavy atom. The van der Waals surface area contributed by atoms with Crippen molar-refractivity contribution in [2.75, 3.05) is 19.0 Å². The van der Waals surface area contributed by atoms with Crippen LogP contribution in [-0.4, -0.2) is 40.3 Å². The second-order valence-corrected chi connectivity index (χ2v) is 3.77. The molecule has 7 heteroatoms. The SMILES string of the molecule is CN1CC(=O)N(Cc2cccnc2NN)C1=O. The smallest absolute Gasteiger partial charge is 0.318 e. The molecule has 3 amide bonds. The van der Waals surface area contributed by atoms with Gasteiger partial charge in [0.05, 0.1) is 6.54 Å². The highest BCUT2D eigenvalue weighted by atomic mass is 16.2. The van der Waals surface area contributed by atoms with E-state index in [0.717, 1.165) is 0 Å². The monoisotopic (exact) mass is 235 g/mol. The van der Waals surface area contributed by atoms with Gasteiger partial charge in [0.2, 0.25) is 0 Å². The zero-order valence-corrected chi connectivity index (χ0v) is 9.38. The van der Waals surface area contributed by atoms with Crippen molar-refractivity contribution < 1.29 is 9.59 Å². The Labute approximate surface area is 98.2 Å². The van der Waals surface area contributed by atoms with Gasteiger partial charge in [0.15, 0.2) is 0 Å². The summed E-state index contributed by atoms with van der Waals surface area (Å²) in [7, 11) is 1.59. The minimum atomic E-state index is -0.304. The molecule has 0 radical (unpaired) electrons. The molecule has 1 fully saturated rings. The lowest BCUT2D eigenvalue weighted by Crippen LogP contribution is -2.31. The number of likely N-dealkylation sites (N-methyl/N-ethyl adjacent to an activating group) is 1. The second-order valence-electron chi connectivity index (χ2n) is 3.77. The van der Waals surface area contributed by atoms with E-state index < -0.39 is 0 Å². The van der Waals surface area contributed by atoms with Crippen LogP contribution in [0.3, 0.4) is 0 Å². The lowest BCUT2D eigenvalue weighted by molar-refractivity contribution is -0.125. The van der Waals surface area contributed by atoms with Gasteiger partial charge in [0.1, 0.15) is 12.4 Å². The first-order valence-corrected chi connectivity index (χ1v) is 5.09. The molecule has 7 nitrogen and oxygen atoms in total. The van der Waals surface area contributed by atoms with E-state index in [9.17, 15) is 9.59 Å². The normalized spacial score (nSPS) is 15.6. The molecule has 0 atom stereocenters. The van der Waals surface area contributed by atoms with Gasteiger partial charge in [-0.25, -0.2) is 15.6 Å². The minimum absolute atomic E-state index is 0.116. The Balaban J connectivity index is 2.21. The van der Waals surface area contributed by atoms with Crippen LogP contribution < -0.4 is 11.3 Å². The van der Waals surface area contributed by atoms with E-state index in [1.165, 1.54) is 9.80 Å². The molecule has 0 unspecified atom stereocenters. The fraction of sp³-hybridized carbons (Fsp3) is 0.300. The van der Waals surface area contributed by atoms with Crippen LogP contribution in [-0.2, 0) is 11.3 Å². The third kappa shape index (κ3) is 2.04. The quantitative estimate of drug-likeness (QED) is 0.428. The fourth-order valence-electron chi connectivity index (χ4n) is 1.69. The molecule has 1 aliphatic heterocycles. The van der Waals surface area contributed by atoms with E-state index in [2.05, 4.69) is 10.4 Å². The first-order chi connectivity index (χ1) is 8.13. The predicted octanol–water partition coefficient (Wildman–Crippen LogP) is -0.239. The predicted molar refractivity (Wildman–Crippen MR) is 60.6 cm³/mol. The molecular formula is C10H13N5O2. The highest BCUT2D eigenvalue weighted by molar-refractivity contribution is 6.01. The Morgan fingerprint density at radius 2 is 2.29 bits per heavy atom. The summed E-state index contributed by atoms with van der Waals surface area (Å²) in [6.45, 7) is 0.292. The van der Waals surface area contributed by atoms with Gasteiger partial charge in [0, 0.05) is 18.8 Å². The molecule has 1 aliphatic rings. The molecule has 90 valence electrons. The molecule has 1 aromatic heterocycles. The summed E-state index contributed by atoms with van der Waals surface area (Å²) in [6.07, 6.45) is 1.58. The van der Waals surface area contributed by atoms with Crippen LogP contribution in [0.15, 0.2) is 18.3 Å². The number of hydrogen-bond donors (Lipinski definition) is 2. The second kappa shape index (κ2) is 4.38. The van der Waals surface area contributed by atoms with E-state index in [-0.39, 0.29) is 25.0 Å². The van der Waals surface area contributed by atoms with Crippen molar-refractivity contribution in [3.8, 4) is 0 Å². The van der Waals surface area contributed by atoms with Crippen molar-refractivity contribution in [3.05, 3.63) is 23.9 Å². The van der Waals surface area contributed by atoms with E-state index in [0.29, 0.717) is 11.4 Å². The van der Waals surface area contributed by atoms with E-state index in [4.69, 9.17) is 5.84 Å². The van der Waals surface area contributed by atoms with Crippen molar-refractivity contribution in [2.24, 2.45) is 5.84 Å². The van der Waals surface area contributed by atoms with Crippen LogP contribution in [0.4, 0.5) is 10.6 Å². The molecular weight excluding hydrogens is 222 g/mol. The Kier molecular flexibility index (Phi) is 2.92. The highest BCUT2D eigenvalue weighted by Gasteiger charge is 2.33. The van der Waals surface area contributed by atoms with Crippen LogP contribution in [0, 0.1) is 0 Å². The number of pyridine rings is 1. The standard InChI is InChI=1S/C10H13N5O2/c1-14-6-8(16)15(10(14)17)5-7-3-2-4-12-9(7)13-11/h2-4H,5-6,11H2,1H3,(H,12,13). The zero-order valence-electron chi connectivity index (χ0n) is 9.38. The lowest BCUT2D eigenvalue weighted by atomic mass is 10.2. The van der Waals surface area contributed by atoms with Gasteiger partial charge in [-0.05, 0) is 6.07 Å². The highest BCUT2D eigenvalue weighted by Crippen LogP contribution is 2.17. The zero-order chi connectivity index (χ0) is 12.4. The molecule has 1 saturated heterocycles. The van der Waals surface area contributed by atoms with Gasteiger partial charge >= 0.3 is 6.03 Å². The van der Waals surface area contributed by atoms with Crippen LogP contribution in [0.1, 0.15) is 5.56 Å². The molecule has 1 aromatic rings. The molecule has 2 rings (SSSR count). The van der Waals surface area contributed by atoms with Gasteiger partial charge < -0.3 is 10.3 Å². The van der Waals surface area contributed by atoms with Gasteiger partial charge in [-0.15, -0.1) is 0 Å². The van der Waals surface area contributed by atoms with Crippen molar-refractivity contribution in [1.82, 2.24) is 14.8 Å². The number of amides is 3. The number of nitrogen functional groups attached to an aromatic ring is 1. The maximum Gasteiger partial charge on any atom is 0.327 e. The number of carbonyl (C=O) groups excluding carboxylic acids is 2. The molecule has 3 N–H and O–H groups in total. The molecule has 17 heavy (non-hydrogen) atoms. The van der Waals surface area contributed by atoms with Crippen LogP contribution in [0.2, 0.25) is 0 Å². The van der Waals surface area contributed by atoms with Crippen LogP contribution in [0.25, 0.3) is 0 Å². The first-order valence-electron chi connectivity index (χ1n) is 5.09. The summed E-state index contributed by atoms with van der Waals surface area (Å²) in [5.41, 5.74) is 3.14. The summed E-state index contributed by atoms with van der Waals surface area (Å²) in [5, 5.41) is 0. The van der Waals surface area contributed by atoms with Crippen molar-refractivity contribution >= 4 is 17.8 Å². The van der Waals surface area contributed by atoms with Crippen molar-refractivity contribution in [2.45, 2.75) is 6.54 Å². The van der Waals surface area contributed by atoms with Gasteiger partial charge in [-0.1, -0.05) is 6.07 Å². The topological polar surface area (TPSA) is 91.6 Å².